The van der Waals surface area contributed by atoms with Crippen LogP contribution in [-0.4, -0.2) is 37.9 Å². The van der Waals surface area contributed by atoms with Crippen LogP contribution in [0.4, 0.5) is 0 Å². The molecule has 5 heteroatoms. The third kappa shape index (κ3) is 6.40. The zero-order chi connectivity index (χ0) is 11.8. The van der Waals surface area contributed by atoms with Crippen molar-refractivity contribution in [2.24, 2.45) is 0 Å². The van der Waals surface area contributed by atoms with Gasteiger partial charge in [-0.05, 0) is 6.42 Å². The van der Waals surface area contributed by atoms with E-state index in [1.165, 1.54) is 0 Å². The second-order valence-electron chi connectivity index (χ2n) is 3.71. The zero-order valence-electron chi connectivity index (χ0n) is 9.57. The SMILES string of the molecule is CCCCOC(=O)CCC(=O)OCC1CO1. The minimum Gasteiger partial charge on any atom is -0.466 e. The van der Waals surface area contributed by atoms with Gasteiger partial charge in [0, 0.05) is 0 Å². The molecule has 92 valence electrons. The minimum absolute atomic E-state index is 0.0699. The molecule has 0 N–H and O–H groups in total. The Labute approximate surface area is 95.0 Å². The Morgan fingerprint density at radius 3 is 2.44 bits per heavy atom. The highest BCUT2D eigenvalue weighted by Gasteiger charge is 2.24. The van der Waals surface area contributed by atoms with Crippen LogP contribution in [0, 0.1) is 0 Å². The van der Waals surface area contributed by atoms with E-state index in [0.29, 0.717) is 19.8 Å². The third-order valence-electron chi connectivity index (χ3n) is 2.13. The summed E-state index contributed by atoms with van der Waals surface area (Å²) in [6.45, 7) is 3.40. The fraction of sp³-hybridized carbons (Fsp3) is 0.818. The quantitative estimate of drug-likeness (QED) is 0.354. The van der Waals surface area contributed by atoms with Gasteiger partial charge in [-0.15, -0.1) is 0 Å². The maximum Gasteiger partial charge on any atom is 0.306 e. The van der Waals surface area contributed by atoms with E-state index in [9.17, 15) is 9.59 Å². The highest BCUT2D eigenvalue weighted by atomic mass is 16.6. The highest BCUT2D eigenvalue weighted by molar-refractivity contribution is 5.77. The lowest BCUT2D eigenvalue weighted by molar-refractivity contribution is -0.150. The first kappa shape index (κ1) is 13.0. The van der Waals surface area contributed by atoms with Gasteiger partial charge in [-0.3, -0.25) is 9.59 Å². The lowest BCUT2D eigenvalue weighted by Gasteiger charge is -2.04. The topological polar surface area (TPSA) is 65.1 Å². The van der Waals surface area contributed by atoms with Gasteiger partial charge in [0.15, 0.2) is 0 Å². The first-order valence-corrected chi connectivity index (χ1v) is 5.65. The Morgan fingerprint density at radius 2 is 1.88 bits per heavy atom. The lowest BCUT2D eigenvalue weighted by Crippen LogP contribution is -2.13. The van der Waals surface area contributed by atoms with Crippen LogP contribution in [0.15, 0.2) is 0 Å². The second kappa shape index (κ2) is 7.22. The predicted octanol–water partition coefficient (Wildman–Crippen LogP) is 1.05. The Morgan fingerprint density at radius 1 is 1.25 bits per heavy atom. The summed E-state index contributed by atoms with van der Waals surface area (Å²) < 4.78 is 14.7. The van der Waals surface area contributed by atoms with Crippen molar-refractivity contribution in [1.29, 1.82) is 0 Å². The molecule has 1 atom stereocenters. The molecular formula is C11H18O5. The fourth-order valence-corrected chi connectivity index (χ4v) is 1.03. The molecule has 0 amide bonds. The summed E-state index contributed by atoms with van der Waals surface area (Å²) in [6, 6.07) is 0. The molecule has 1 fully saturated rings. The van der Waals surface area contributed by atoms with Crippen LogP contribution >= 0.6 is 0 Å². The van der Waals surface area contributed by atoms with Gasteiger partial charge in [-0.1, -0.05) is 13.3 Å². The van der Waals surface area contributed by atoms with E-state index < -0.39 is 0 Å². The molecule has 0 spiro atoms. The van der Waals surface area contributed by atoms with Gasteiger partial charge in [0.05, 0.1) is 26.1 Å². The number of carbonyl (C=O) groups is 2. The molecule has 1 aliphatic heterocycles. The molecule has 0 aliphatic carbocycles. The van der Waals surface area contributed by atoms with Gasteiger partial charge in [0.25, 0.3) is 0 Å². The van der Waals surface area contributed by atoms with E-state index >= 15 is 0 Å². The first-order chi connectivity index (χ1) is 7.72. The summed E-state index contributed by atoms with van der Waals surface area (Å²) in [5.41, 5.74) is 0. The second-order valence-corrected chi connectivity index (χ2v) is 3.71. The van der Waals surface area contributed by atoms with Gasteiger partial charge >= 0.3 is 11.9 Å². The van der Waals surface area contributed by atoms with Crippen molar-refractivity contribution in [2.45, 2.75) is 38.7 Å². The van der Waals surface area contributed by atoms with Gasteiger partial charge in [0.2, 0.25) is 0 Å². The summed E-state index contributed by atoms with van der Waals surface area (Å²) >= 11 is 0. The standard InChI is InChI=1S/C11H18O5/c1-2-3-6-14-10(12)4-5-11(13)16-8-9-7-15-9/h9H,2-8H2,1H3. The molecule has 1 rings (SSSR count). The predicted molar refractivity (Wildman–Crippen MR) is 55.8 cm³/mol. The van der Waals surface area contributed by atoms with E-state index in [2.05, 4.69) is 0 Å². The highest BCUT2D eigenvalue weighted by Crippen LogP contribution is 2.09. The molecule has 1 heterocycles. The minimum atomic E-state index is -0.372. The van der Waals surface area contributed by atoms with Crippen LogP contribution in [0.2, 0.25) is 0 Å². The summed E-state index contributed by atoms with van der Waals surface area (Å²) in [6.07, 6.45) is 2.08. The van der Waals surface area contributed by atoms with E-state index in [-0.39, 0.29) is 30.9 Å². The van der Waals surface area contributed by atoms with Crippen LogP contribution in [0.5, 0.6) is 0 Å². The molecule has 16 heavy (non-hydrogen) atoms. The molecule has 1 unspecified atom stereocenters. The Kier molecular flexibility index (Phi) is 5.85. The molecule has 0 bridgehead atoms. The van der Waals surface area contributed by atoms with Crippen molar-refractivity contribution in [1.82, 2.24) is 0 Å². The summed E-state index contributed by atoms with van der Waals surface area (Å²) in [5, 5.41) is 0. The van der Waals surface area contributed by atoms with Crippen LogP contribution in [0.25, 0.3) is 0 Å². The number of ether oxygens (including phenoxy) is 3. The maximum absolute atomic E-state index is 11.1. The first-order valence-electron chi connectivity index (χ1n) is 5.65. The summed E-state index contributed by atoms with van der Waals surface area (Å²) in [7, 11) is 0. The van der Waals surface area contributed by atoms with Crippen molar-refractivity contribution < 1.29 is 23.8 Å². The monoisotopic (exact) mass is 230 g/mol. The largest absolute Gasteiger partial charge is 0.466 e. The van der Waals surface area contributed by atoms with Crippen LogP contribution in [-0.2, 0) is 23.8 Å². The van der Waals surface area contributed by atoms with Gasteiger partial charge < -0.3 is 14.2 Å². The van der Waals surface area contributed by atoms with E-state index in [1.54, 1.807) is 0 Å². The van der Waals surface area contributed by atoms with Gasteiger partial charge in [-0.2, -0.15) is 0 Å². The number of hydrogen-bond acceptors (Lipinski definition) is 5. The molecule has 0 aromatic rings. The maximum atomic E-state index is 11.1. The number of esters is 2. The number of hydrogen-bond donors (Lipinski definition) is 0. The number of carbonyl (C=O) groups excluding carboxylic acids is 2. The summed E-state index contributed by atoms with van der Waals surface area (Å²) in [4.78, 5) is 22.2. The molecule has 1 aliphatic rings. The molecule has 5 nitrogen and oxygen atoms in total. The molecule has 0 aromatic heterocycles. The average molecular weight is 230 g/mol. The van der Waals surface area contributed by atoms with E-state index in [0.717, 1.165) is 12.8 Å². The number of rotatable bonds is 8. The smallest absolute Gasteiger partial charge is 0.306 e. The lowest BCUT2D eigenvalue weighted by atomic mass is 10.3. The number of unbranched alkanes of at least 4 members (excludes halogenated alkanes) is 1. The van der Waals surface area contributed by atoms with Crippen LogP contribution < -0.4 is 0 Å². The van der Waals surface area contributed by atoms with Gasteiger partial charge in [-0.25, -0.2) is 0 Å². The van der Waals surface area contributed by atoms with Crippen molar-refractivity contribution in [3.63, 3.8) is 0 Å². The van der Waals surface area contributed by atoms with Gasteiger partial charge in [0.1, 0.15) is 12.7 Å². The van der Waals surface area contributed by atoms with Crippen LogP contribution in [0.3, 0.4) is 0 Å². The molecule has 0 aromatic carbocycles. The summed E-state index contributed by atoms with van der Waals surface area (Å²) in [5.74, 6) is -0.712. The Balaban J connectivity index is 1.94. The van der Waals surface area contributed by atoms with Crippen molar-refractivity contribution in [3.05, 3.63) is 0 Å². The van der Waals surface area contributed by atoms with Crippen molar-refractivity contribution in [2.75, 3.05) is 19.8 Å². The normalized spacial score (nSPS) is 17.9. The Bertz CT molecular complexity index is 235. The van der Waals surface area contributed by atoms with Crippen LogP contribution in [0.1, 0.15) is 32.6 Å². The molecule has 1 saturated heterocycles. The third-order valence-corrected chi connectivity index (χ3v) is 2.13. The molecule has 0 radical (unpaired) electrons. The number of epoxide rings is 1. The van der Waals surface area contributed by atoms with Crippen molar-refractivity contribution >= 4 is 11.9 Å². The van der Waals surface area contributed by atoms with Crippen molar-refractivity contribution in [3.8, 4) is 0 Å². The van der Waals surface area contributed by atoms with E-state index in [4.69, 9.17) is 14.2 Å². The zero-order valence-corrected chi connectivity index (χ0v) is 9.57. The fourth-order valence-electron chi connectivity index (χ4n) is 1.03. The molecular weight excluding hydrogens is 212 g/mol. The van der Waals surface area contributed by atoms with E-state index in [1.807, 2.05) is 6.92 Å². The molecule has 0 saturated carbocycles. The average Bonchev–Trinajstić information content (AvgIpc) is 3.08. The Hall–Kier alpha value is -1.10.